The van der Waals surface area contributed by atoms with E-state index in [0.717, 1.165) is 74.6 Å². The van der Waals surface area contributed by atoms with Crippen LogP contribution < -0.4 is 5.32 Å². The normalized spacial score (nSPS) is 20.7. The number of carbonyl (C=O) groups excluding carboxylic acids is 1. The summed E-state index contributed by atoms with van der Waals surface area (Å²) >= 11 is 1.82. The van der Waals surface area contributed by atoms with Gasteiger partial charge < -0.3 is 33.7 Å². The summed E-state index contributed by atoms with van der Waals surface area (Å²) in [4.78, 5) is 13.8. The third kappa shape index (κ3) is 12.0. The number of esters is 1. The predicted molar refractivity (Wildman–Crippen MR) is 203 cm³/mol. The van der Waals surface area contributed by atoms with E-state index in [1.807, 2.05) is 18.3 Å². The number of hydrogen-bond donors (Lipinski definition) is 1. The quantitative estimate of drug-likeness (QED) is 0.0728. The number of anilines is 1. The Bertz CT molecular complexity index is 1360. The molecule has 0 spiro atoms. The molecule has 3 aromatic rings. The summed E-state index contributed by atoms with van der Waals surface area (Å²) < 4.78 is 40.1. The molecule has 0 radical (unpaired) electrons. The van der Waals surface area contributed by atoms with E-state index in [0.29, 0.717) is 39.6 Å². The van der Waals surface area contributed by atoms with Crippen LogP contribution in [-0.4, -0.2) is 76.6 Å². The molecule has 0 unspecified atom stereocenters. The first-order valence-corrected chi connectivity index (χ1v) is 19.9. The summed E-state index contributed by atoms with van der Waals surface area (Å²) in [5, 5.41) is 4.64. The first-order valence-electron chi connectivity index (χ1n) is 19.1. The van der Waals surface area contributed by atoms with Crippen LogP contribution in [0.5, 0.6) is 0 Å². The fourth-order valence-electron chi connectivity index (χ4n) is 6.23. The minimum Gasteiger partial charge on any atom is -0.465 e. The molecule has 9 heteroatoms. The number of thiophene rings is 1. The van der Waals surface area contributed by atoms with E-state index in [1.54, 1.807) is 0 Å². The molecule has 8 nitrogen and oxygen atoms in total. The summed E-state index contributed by atoms with van der Waals surface area (Å²) in [7, 11) is 0. The molecule has 1 N–H and O–H groups in total. The van der Waals surface area contributed by atoms with Gasteiger partial charge in [0.25, 0.3) is 0 Å². The number of ether oxygens (including phenoxy) is 6. The van der Waals surface area contributed by atoms with Gasteiger partial charge in [0, 0.05) is 53.7 Å². The smallest absolute Gasteiger partial charge is 0.325 e. The van der Waals surface area contributed by atoms with Crippen LogP contribution in [0.2, 0.25) is 0 Å². The molecule has 278 valence electrons. The second kappa shape index (κ2) is 22.4. The van der Waals surface area contributed by atoms with Gasteiger partial charge in [-0.3, -0.25) is 4.79 Å². The van der Waals surface area contributed by atoms with Crippen LogP contribution in [0.4, 0.5) is 5.69 Å². The third-order valence-electron chi connectivity index (χ3n) is 8.99. The highest BCUT2D eigenvalue weighted by Gasteiger charge is 2.49. The van der Waals surface area contributed by atoms with Crippen molar-refractivity contribution in [3.8, 4) is 0 Å². The highest BCUT2D eigenvalue weighted by molar-refractivity contribution is 7.19. The van der Waals surface area contributed by atoms with E-state index in [-0.39, 0.29) is 30.8 Å². The molecular formula is C41H61NO7S. The van der Waals surface area contributed by atoms with Crippen LogP contribution in [-0.2, 0) is 39.6 Å². The number of rotatable bonds is 24. The van der Waals surface area contributed by atoms with E-state index in [9.17, 15) is 4.79 Å². The van der Waals surface area contributed by atoms with Gasteiger partial charge in [-0.15, -0.1) is 11.3 Å². The maximum atomic E-state index is 12.5. The highest BCUT2D eigenvalue weighted by atomic mass is 32.1. The van der Waals surface area contributed by atoms with Gasteiger partial charge >= 0.3 is 5.97 Å². The average molecular weight is 712 g/mol. The summed E-state index contributed by atoms with van der Waals surface area (Å²) in [6.45, 7) is 13.8. The molecule has 4 rings (SSSR count). The van der Waals surface area contributed by atoms with Gasteiger partial charge in [-0.1, -0.05) is 83.7 Å². The Balaban J connectivity index is 1.77. The molecule has 2 heterocycles. The number of fused-ring (bicyclic) bond motifs is 1. The van der Waals surface area contributed by atoms with Crippen molar-refractivity contribution in [2.75, 3.05) is 51.5 Å². The maximum Gasteiger partial charge on any atom is 0.325 e. The van der Waals surface area contributed by atoms with E-state index in [1.165, 1.54) is 15.0 Å². The zero-order valence-electron chi connectivity index (χ0n) is 31.1. The van der Waals surface area contributed by atoms with Crippen molar-refractivity contribution < 1.29 is 33.2 Å². The predicted octanol–water partition coefficient (Wildman–Crippen LogP) is 9.28. The van der Waals surface area contributed by atoms with Gasteiger partial charge in [0.05, 0.1) is 13.2 Å². The van der Waals surface area contributed by atoms with E-state index >= 15 is 0 Å². The van der Waals surface area contributed by atoms with Gasteiger partial charge in [-0.2, -0.15) is 0 Å². The lowest BCUT2D eigenvalue weighted by Crippen LogP contribution is -2.58. The Kier molecular flexibility index (Phi) is 18.0. The van der Waals surface area contributed by atoms with Crippen LogP contribution in [0.15, 0.2) is 48.5 Å². The fraction of sp³-hybridized carbons (Fsp3) is 0.634. The topological polar surface area (TPSA) is 84.5 Å². The lowest BCUT2D eigenvalue weighted by Gasteiger charge is -2.47. The zero-order chi connectivity index (χ0) is 35.6. The summed E-state index contributed by atoms with van der Waals surface area (Å²) in [5.74, 6) is -0.305. The summed E-state index contributed by atoms with van der Waals surface area (Å²) in [6.07, 6.45) is 6.73. The number of hydrogen-bond acceptors (Lipinski definition) is 9. The average Bonchev–Trinajstić information content (AvgIpc) is 3.53. The second-order valence-corrected chi connectivity index (χ2v) is 14.3. The number of nitrogens with one attached hydrogen (secondary N) is 1. The van der Waals surface area contributed by atoms with Gasteiger partial charge in [0.1, 0.15) is 37.1 Å². The molecule has 1 saturated heterocycles. The monoisotopic (exact) mass is 711 g/mol. The molecule has 0 bridgehead atoms. The molecule has 0 amide bonds. The van der Waals surface area contributed by atoms with Crippen LogP contribution in [0.25, 0.3) is 10.1 Å². The Morgan fingerprint density at radius 3 is 2.12 bits per heavy atom. The van der Waals surface area contributed by atoms with E-state index in [2.05, 4.69) is 81.5 Å². The minimum absolute atomic E-state index is 0.0489. The Morgan fingerprint density at radius 1 is 0.780 bits per heavy atom. The van der Waals surface area contributed by atoms with Crippen molar-refractivity contribution in [1.29, 1.82) is 0 Å². The van der Waals surface area contributed by atoms with Crippen molar-refractivity contribution in [2.24, 2.45) is 0 Å². The van der Waals surface area contributed by atoms with Crippen molar-refractivity contribution in [3.05, 3.63) is 64.5 Å². The van der Waals surface area contributed by atoms with Crippen molar-refractivity contribution in [1.82, 2.24) is 0 Å². The number of unbranched alkanes of at least 4 members (excludes halogenated alkanes) is 4. The summed E-state index contributed by atoms with van der Waals surface area (Å²) in [5.41, 5.74) is 2.91. The van der Waals surface area contributed by atoms with Crippen molar-refractivity contribution in [3.63, 3.8) is 0 Å². The number of benzene rings is 2. The SMILES string of the molecule is CCCCOC[C@H]1O[C@@H](c2cc(Cc3cc4ccccc4s3)ccc2NCC(=O)OCC)[C@H](OCCCC)[C@@H](OCCCC)[C@@H]1OCCCC. The fourth-order valence-corrected chi connectivity index (χ4v) is 7.33. The third-order valence-corrected chi connectivity index (χ3v) is 10.1. The maximum absolute atomic E-state index is 12.5. The first-order chi connectivity index (χ1) is 24.5. The Labute approximate surface area is 304 Å². The van der Waals surface area contributed by atoms with Crippen LogP contribution in [0, 0.1) is 0 Å². The number of carbonyl (C=O) groups is 1. The first kappa shape index (κ1) is 40.2. The van der Waals surface area contributed by atoms with Gasteiger partial charge in [-0.25, -0.2) is 0 Å². The van der Waals surface area contributed by atoms with Crippen LogP contribution in [0.3, 0.4) is 0 Å². The lowest BCUT2D eigenvalue weighted by atomic mass is 9.88. The van der Waals surface area contributed by atoms with Crippen molar-refractivity contribution in [2.45, 2.75) is 123 Å². The van der Waals surface area contributed by atoms with Gasteiger partial charge in [0.15, 0.2) is 0 Å². The molecular weight excluding hydrogens is 651 g/mol. The molecule has 50 heavy (non-hydrogen) atoms. The van der Waals surface area contributed by atoms with Crippen molar-refractivity contribution >= 4 is 33.1 Å². The zero-order valence-corrected chi connectivity index (χ0v) is 31.9. The summed E-state index contributed by atoms with van der Waals surface area (Å²) in [6, 6.07) is 17.2. The molecule has 1 aliphatic rings. The minimum atomic E-state index is -0.490. The molecule has 1 aliphatic heterocycles. The standard InChI is InChI=1S/C41H61NO7S/c1-6-11-21-44-29-35-39(46-22-12-7-2)41(48-24-14-9-4)40(47-23-13-8-3)38(49-35)33-26-30(19-20-34(33)42-28-37(43)45-10-5)25-32-27-31-17-15-16-18-36(31)50-32/h15-20,26-27,35,38-42H,6-14,21-25,28-29H2,1-5H3/t35-,38+,39-,40+,41+/m1/s1. The van der Waals surface area contributed by atoms with E-state index in [4.69, 9.17) is 28.4 Å². The highest BCUT2D eigenvalue weighted by Crippen LogP contribution is 2.41. The second-order valence-electron chi connectivity index (χ2n) is 13.1. The Morgan fingerprint density at radius 2 is 1.44 bits per heavy atom. The van der Waals surface area contributed by atoms with Crippen LogP contribution >= 0.6 is 11.3 Å². The van der Waals surface area contributed by atoms with E-state index < -0.39 is 12.2 Å². The van der Waals surface area contributed by atoms with Gasteiger partial charge in [0.2, 0.25) is 0 Å². The van der Waals surface area contributed by atoms with Gasteiger partial charge in [-0.05, 0) is 61.8 Å². The lowest BCUT2D eigenvalue weighted by molar-refractivity contribution is -0.268. The molecule has 5 atom stereocenters. The molecule has 1 fully saturated rings. The Hall–Kier alpha value is -2.53. The molecule has 1 aromatic heterocycles. The molecule has 0 saturated carbocycles. The van der Waals surface area contributed by atoms with Crippen LogP contribution in [0.1, 0.15) is 108 Å². The molecule has 0 aliphatic carbocycles. The largest absolute Gasteiger partial charge is 0.465 e. The molecule has 2 aromatic carbocycles.